The summed E-state index contributed by atoms with van der Waals surface area (Å²) in [7, 11) is 0. The smallest absolute Gasteiger partial charge is 0.389 e. The molecule has 1 saturated carbocycles. The second-order valence-electron chi connectivity index (χ2n) is 4.02. The second kappa shape index (κ2) is 5.70. The van der Waals surface area contributed by atoms with E-state index < -0.39 is 12.6 Å². The number of alkyl halides is 3. The molecule has 1 rings (SSSR count). The molecule has 2 nitrogen and oxygen atoms in total. The fourth-order valence-electron chi connectivity index (χ4n) is 1.73. The van der Waals surface area contributed by atoms with Crippen LogP contribution < -0.4 is 0 Å². The van der Waals surface area contributed by atoms with E-state index in [0.29, 0.717) is 12.8 Å². The molecule has 1 aliphatic carbocycles. The van der Waals surface area contributed by atoms with Crippen molar-refractivity contribution in [2.24, 2.45) is 0 Å². The predicted molar refractivity (Wildman–Crippen MR) is 49.5 cm³/mol. The number of aliphatic hydroxyl groups is 1. The molecule has 0 atom stereocenters. The van der Waals surface area contributed by atoms with Crippen molar-refractivity contribution in [1.82, 2.24) is 0 Å². The first-order chi connectivity index (χ1) is 6.97. The summed E-state index contributed by atoms with van der Waals surface area (Å²) in [5.41, 5.74) is 0. The van der Waals surface area contributed by atoms with Crippen LogP contribution in [-0.4, -0.2) is 30.1 Å². The number of rotatable bonds is 4. The summed E-state index contributed by atoms with van der Waals surface area (Å²) in [5.74, 6) is 0. The topological polar surface area (TPSA) is 29.5 Å². The van der Waals surface area contributed by atoms with Crippen molar-refractivity contribution in [1.29, 1.82) is 0 Å². The van der Waals surface area contributed by atoms with Crippen LogP contribution in [0.3, 0.4) is 0 Å². The minimum atomic E-state index is -4.08. The highest BCUT2D eigenvalue weighted by Gasteiger charge is 2.26. The molecule has 0 saturated heterocycles. The number of ether oxygens (including phenoxy) is 1. The molecule has 0 aromatic heterocycles. The Kier molecular flexibility index (Phi) is 4.86. The summed E-state index contributed by atoms with van der Waals surface area (Å²) in [5, 5.41) is 9.20. The zero-order valence-electron chi connectivity index (χ0n) is 8.59. The highest BCUT2D eigenvalue weighted by Crippen LogP contribution is 2.23. The minimum Gasteiger partial charge on any atom is -0.393 e. The van der Waals surface area contributed by atoms with Crippen LogP contribution in [0.1, 0.15) is 38.5 Å². The Bertz CT molecular complexity index is 174. The van der Waals surface area contributed by atoms with Crippen molar-refractivity contribution in [3.63, 3.8) is 0 Å². The molecule has 0 bridgehead atoms. The van der Waals surface area contributed by atoms with E-state index in [1.165, 1.54) is 0 Å². The molecule has 15 heavy (non-hydrogen) atoms. The normalized spacial score (nSPS) is 28.0. The van der Waals surface area contributed by atoms with Gasteiger partial charge in [-0.2, -0.15) is 13.2 Å². The lowest BCUT2D eigenvalue weighted by Gasteiger charge is -2.25. The second-order valence-corrected chi connectivity index (χ2v) is 4.02. The van der Waals surface area contributed by atoms with Crippen molar-refractivity contribution in [3.8, 4) is 0 Å². The average Bonchev–Trinajstić information content (AvgIpc) is 2.14. The van der Waals surface area contributed by atoms with E-state index in [-0.39, 0.29) is 25.2 Å². The molecule has 0 aromatic rings. The number of aliphatic hydroxyl groups excluding tert-OH is 1. The van der Waals surface area contributed by atoms with Gasteiger partial charge in [0.25, 0.3) is 0 Å². The molecular weight excluding hydrogens is 209 g/mol. The Hall–Kier alpha value is -0.290. The molecule has 0 radical (unpaired) electrons. The Balaban J connectivity index is 2.01. The van der Waals surface area contributed by atoms with Gasteiger partial charge in [-0.05, 0) is 32.1 Å². The Morgan fingerprint density at radius 3 is 2.27 bits per heavy atom. The summed E-state index contributed by atoms with van der Waals surface area (Å²) < 4.78 is 40.7. The average molecular weight is 226 g/mol. The third-order valence-corrected chi connectivity index (χ3v) is 2.60. The third kappa shape index (κ3) is 5.99. The van der Waals surface area contributed by atoms with Crippen LogP contribution in [0.2, 0.25) is 0 Å². The van der Waals surface area contributed by atoms with E-state index >= 15 is 0 Å². The van der Waals surface area contributed by atoms with Gasteiger partial charge in [0.2, 0.25) is 0 Å². The van der Waals surface area contributed by atoms with Crippen molar-refractivity contribution in [2.45, 2.75) is 56.9 Å². The monoisotopic (exact) mass is 226 g/mol. The lowest BCUT2D eigenvalue weighted by atomic mass is 9.95. The molecule has 1 N–H and O–H groups in total. The van der Waals surface area contributed by atoms with Gasteiger partial charge in [0.1, 0.15) is 0 Å². The molecule has 1 aliphatic rings. The van der Waals surface area contributed by atoms with Crippen LogP contribution >= 0.6 is 0 Å². The first-order valence-corrected chi connectivity index (χ1v) is 5.34. The van der Waals surface area contributed by atoms with Gasteiger partial charge in [-0.1, -0.05) is 0 Å². The quantitative estimate of drug-likeness (QED) is 0.747. The van der Waals surface area contributed by atoms with Gasteiger partial charge in [0.15, 0.2) is 0 Å². The Labute approximate surface area is 87.4 Å². The van der Waals surface area contributed by atoms with Crippen LogP contribution in [-0.2, 0) is 4.74 Å². The number of hydrogen-bond donors (Lipinski definition) is 1. The van der Waals surface area contributed by atoms with E-state index in [1.807, 2.05) is 0 Å². The molecule has 0 aliphatic heterocycles. The zero-order valence-corrected chi connectivity index (χ0v) is 8.59. The summed E-state index contributed by atoms with van der Waals surface area (Å²) in [6.45, 7) is 0.167. The fourth-order valence-corrected chi connectivity index (χ4v) is 1.73. The molecule has 0 unspecified atom stereocenters. The van der Waals surface area contributed by atoms with E-state index in [1.54, 1.807) is 0 Å². The fraction of sp³-hybridized carbons (Fsp3) is 1.00. The van der Waals surface area contributed by atoms with Crippen LogP contribution in [0.4, 0.5) is 13.2 Å². The van der Waals surface area contributed by atoms with E-state index in [2.05, 4.69) is 0 Å². The van der Waals surface area contributed by atoms with E-state index in [9.17, 15) is 18.3 Å². The summed E-state index contributed by atoms with van der Waals surface area (Å²) in [6, 6.07) is 0. The minimum absolute atomic E-state index is 0.0303. The maximum Gasteiger partial charge on any atom is 0.389 e. The van der Waals surface area contributed by atoms with Crippen LogP contribution in [0.15, 0.2) is 0 Å². The van der Waals surface area contributed by atoms with Crippen molar-refractivity contribution < 1.29 is 23.0 Å². The SMILES string of the molecule is OC1CCC(OCCCC(F)(F)F)CC1. The molecule has 90 valence electrons. The molecule has 1 fully saturated rings. The van der Waals surface area contributed by atoms with Gasteiger partial charge < -0.3 is 9.84 Å². The van der Waals surface area contributed by atoms with Crippen LogP contribution in [0, 0.1) is 0 Å². The lowest BCUT2D eigenvalue weighted by Crippen LogP contribution is -2.24. The molecule has 5 heteroatoms. The summed E-state index contributed by atoms with van der Waals surface area (Å²) in [6.07, 6.45) is -2.12. The van der Waals surface area contributed by atoms with Gasteiger partial charge in [-0.3, -0.25) is 0 Å². The highest BCUT2D eigenvalue weighted by molar-refractivity contribution is 4.71. The largest absolute Gasteiger partial charge is 0.393 e. The molecule has 0 spiro atoms. The first kappa shape index (κ1) is 12.8. The van der Waals surface area contributed by atoms with E-state index in [0.717, 1.165) is 12.8 Å². The maximum absolute atomic E-state index is 11.8. The first-order valence-electron chi connectivity index (χ1n) is 5.34. The van der Waals surface area contributed by atoms with Crippen molar-refractivity contribution >= 4 is 0 Å². The third-order valence-electron chi connectivity index (χ3n) is 2.60. The Morgan fingerprint density at radius 1 is 1.13 bits per heavy atom. The molecule has 0 heterocycles. The predicted octanol–water partition coefficient (Wildman–Crippen LogP) is 2.65. The van der Waals surface area contributed by atoms with Gasteiger partial charge in [-0.25, -0.2) is 0 Å². The summed E-state index contributed by atoms with van der Waals surface area (Å²) in [4.78, 5) is 0. The van der Waals surface area contributed by atoms with E-state index in [4.69, 9.17) is 4.74 Å². The van der Waals surface area contributed by atoms with Crippen LogP contribution in [0.5, 0.6) is 0 Å². The zero-order chi connectivity index (χ0) is 11.3. The number of halogens is 3. The number of hydrogen-bond acceptors (Lipinski definition) is 2. The molecule has 0 aromatic carbocycles. The van der Waals surface area contributed by atoms with Crippen molar-refractivity contribution in [2.75, 3.05) is 6.61 Å². The Morgan fingerprint density at radius 2 is 1.73 bits per heavy atom. The highest BCUT2D eigenvalue weighted by atomic mass is 19.4. The summed E-state index contributed by atoms with van der Waals surface area (Å²) >= 11 is 0. The van der Waals surface area contributed by atoms with Crippen molar-refractivity contribution in [3.05, 3.63) is 0 Å². The van der Waals surface area contributed by atoms with Crippen LogP contribution in [0.25, 0.3) is 0 Å². The van der Waals surface area contributed by atoms with Gasteiger partial charge >= 0.3 is 6.18 Å². The molecule has 0 amide bonds. The van der Waals surface area contributed by atoms with Gasteiger partial charge in [-0.15, -0.1) is 0 Å². The standard InChI is InChI=1S/C10H17F3O2/c11-10(12,13)6-1-7-15-9-4-2-8(14)3-5-9/h8-9,14H,1-7H2. The molecular formula is C10H17F3O2. The lowest BCUT2D eigenvalue weighted by molar-refractivity contribution is -0.139. The maximum atomic E-state index is 11.8. The van der Waals surface area contributed by atoms with Gasteiger partial charge in [0.05, 0.1) is 12.2 Å². The van der Waals surface area contributed by atoms with Gasteiger partial charge in [0, 0.05) is 13.0 Å².